The van der Waals surface area contributed by atoms with Crippen LogP contribution in [-0.4, -0.2) is 9.97 Å². The van der Waals surface area contributed by atoms with Gasteiger partial charge < -0.3 is 5.73 Å². The van der Waals surface area contributed by atoms with Gasteiger partial charge in [0.05, 0.1) is 5.69 Å². The second-order valence-electron chi connectivity index (χ2n) is 6.03. The highest BCUT2D eigenvalue weighted by atomic mass is 15.0. The molecule has 2 rings (SSSR count). The molecule has 0 spiro atoms. The molecule has 1 aromatic heterocycles. The number of anilines is 1. The van der Waals surface area contributed by atoms with Crippen molar-refractivity contribution in [2.45, 2.75) is 40.0 Å². The molecule has 0 saturated carbocycles. The summed E-state index contributed by atoms with van der Waals surface area (Å²) in [5.74, 6) is 0.329. The zero-order valence-corrected chi connectivity index (χ0v) is 12.3. The van der Waals surface area contributed by atoms with E-state index >= 15 is 0 Å². The van der Waals surface area contributed by atoms with Crippen LogP contribution in [0.4, 0.5) is 5.95 Å². The molecule has 1 aromatic carbocycles. The van der Waals surface area contributed by atoms with Crippen molar-refractivity contribution >= 4 is 5.95 Å². The Kier molecular flexibility index (Phi) is 3.31. The summed E-state index contributed by atoms with van der Waals surface area (Å²) in [5, 5.41) is 0. The molecule has 0 aliphatic heterocycles. The number of aromatic nitrogens is 2. The van der Waals surface area contributed by atoms with Crippen molar-refractivity contribution in [2.75, 3.05) is 5.73 Å². The Balaban J connectivity index is 2.61. The molecule has 0 fully saturated rings. The van der Waals surface area contributed by atoms with Gasteiger partial charge >= 0.3 is 0 Å². The Hall–Kier alpha value is -1.90. The Labute approximate surface area is 114 Å². The van der Waals surface area contributed by atoms with Crippen molar-refractivity contribution in [3.05, 3.63) is 41.1 Å². The number of nitrogens with two attached hydrogens (primary N) is 1. The highest BCUT2D eigenvalue weighted by Gasteiger charge is 2.16. The lowest BCUT2D eigenvalue weighted by molar-refractivity contribution is 0.590. The molecule has 0 aliphatic rings. The van der Waals surface area contributed by atoms with Crippen LogP contribution in [0.2, 0.25) is 0 Å². The molecule has 19 heavy (non-hydrogen) atoms. The molecule has 0 aliphatic carbocycles. The highest BCUT2D eigenvalue weighted by molar-refractivity contribution is 5.66. The summed E-state index contributed by atoms with van der Waals surface area (Å²) in [6.07, 6.45) is 0. The quantitative estimate of drug-likeness (QED) is 0.846. The first kappa shape index (κ1) is 13.5. The molecular formula is C16H21N3. The minimum atomic E-state index is 0.121. The van der Waals surface area contributed by atoms with E-state index in [1.807, 2.05) is 13.0 Å². The molecule has 100 valence electrons. The number of hydrogen-bond donors (Lipinski definition) is 1. The summed E-state index contributed by atoms with van der Waals surface area (Å²) in [6, 6.07) is 8.50. The van der Waals surface area contributed by atoms with Gasteiger partial charge in [0.1, 0.15) is 0 Å². The molecule has 0 radical (unpaired) electrons. The van der Waals surface area contributed by atoms with Gasteiger partial charge in [0.25, 0.3) is 0 Å². The first-order valence-electron chi connectivity index (χ1n) is 6.50. The van der Waals surface area contributed by atoms with E-state index in [4.69, 9.17) is 5.73 Å². The third-order valence-corrected chi connectivity index (χ3v) is 3.25. The van der Waals surface area contributed by atoms with Crippen LogP contribution in [-0.2, 0) is 5.41 Å². The minimum absolute atomic E-state index is 0.121. The average Bonchev–Trinajstić information content (AvgIpc) is 2.26. The fourth-order valence-electron chi connectivity index (χ4n) is 2.09. The SMILES string of the molecule is Cc1cc(-c2cc(C(C)(C)C)ccc2C)nc(N)n1. The minimum Gasteiger partial charge on any atom is -0.368 e. The maximum atomic E-state index is 5.75. The fraction of sp³-hybridized carbons (Fsp3) is 0.375. The van der Waals surface area contributed by atoms with Crippen molar-refractivity contribution in [3.8, 4) is 11.3 Å². The van der Waals surface area contributed by atoms with Crippen LogP contribution in [0.25, 0.3) is 11.3 Å². The molecule has 3 nitrogen and oxygen atoms in total. The van der Waals surface area contributed by atoms with Gasteiger partial charge in [-0.15, -0.1) is 0 Å². The lowest BCUT2D eigenvalue weighted by Gasteiger charge is -2.20. The number of nitrogens with zero attached hydrogens (tertiary/aromatic N) is 2. The van der Waals surface area contributed by atoms with Crippen LogP contribution in [0.5, 0.6) is 0 Å². The summed E-state index contributed by atoms with van der Waals surface area (Å²) in [5.41, 5.74) is 11.3. The van der Waals surface area contributed by atoms with E-state index < -0.39 is 0 Å². The molecule has 0 saturated heterocycles. The standard InChI is InChI=1S/C16H21N3/c1-10-6-7-12(16(3,4)5)9-13(10)14-8-11(2)18-15(17)19-14/h6-9H,1-5H3,(H2,17,18,19). The molecule has 2 N–H and O–H groups in total. The normalized spacial score (nSPS) is 11.6. The third-order valence-electron chi connectivity index (χ3n) is 3.25. The molecule has 2 aromatic rings. The van der Waals surface area contributed by atoms with Crippen molar-refractivity contribution in [2.24, 2.45) is 0 Å². The van der Waals surface area contributed by atoms with Crippen molar-refractivity contribution < 1.29 is 0 Å². The van der Waals surface area contributed by atoms with Crippen LogP contribution < -0.4 is 5.73 Å². The molecule has 3 heteroatoms. The smallest absolute Gasteiger partial charge is 0.220 e. The molecule has 0 atom stereocenters. The van der Waals surface area contributed by atoms with Gasteiger partial charge in [0.15, 0.2) is 0 Å². The predicted octanol–water partition coefficient (Wildman–Crippen LogP) is 3.64. The number of rotatable bonds is 1. The van der Waals surface area contributed by atoms with E-state index in [0.717, 1.165) is 17.0 Å². The van der Waals surface area contributed by atoms with Crippen molar-refractivity contribution in [3.63, 3.8) is 0 Å². The fourth-order valence-corrected chi connectivity index (χ4v) is 2.09. The zero-order valence-electron chi connectivity index (χ0n) is 12.3. The van der Waals surface area contributed by atoms with E-state index in [1.54, 1.807) is 0 Å². The van der Waals surface area contributed by atoms with E-state index in [0.29, 0.717) is 5.95 Å². The van der Waals surface area contributed by atoms with E-state index in [1.165, 1.54) is 11.1 Å². The van der Waals surface area contributed by atoms with Crippen LogP contribution in [0, 0.1) is 13.8 Å². The summed E-state index contributed by atoms with van der Waals surface area (Å²) < 4.78 is 0. The summed E-state index contributed by atoms with van der Waals surface area (Å²) >= 11 is 0. The molecule has 0 unspecified atom stereocenters. The third kappa shape index (κ3) is 2.92. The number of aryl methyl sites for hydroxylation is 2. The van der Waals surface area contributed by atoms with Gasteiger partial charge in [-0.1, -0.05) is 32.9 Å². The van der Waals surface area contributed by atoms with E-state index in [9.17, 15) is 0 Å². The summed E-state index contributed by atoms with van der Waals surface area (Å²) in [6.45, 7) is 10.7. The number of nitrogen functional groups attached to an aromatic ring is 1. The van der Waals surface area contributed by atoms with Gasteiger partial charge in [-0.3, -0.25) is 0 Å². The van der Waals surface area contributed by atoms with Gasteiger partial charge in [-0.05, 0) is 42.5 Å². The largest absolute Gasteiger partial charge is 0.368 e. The summed E-state index contributed by atoms with van der Waals surface area (Å²) in [7, 11) is 0. The Bertz CT molecular complexity index is 590. The molecule has 0 amide bonds. The van der Waals surface area contributed by atoms with Crippen molar-refractivity contribution in [1.82, 2.24) is 9.97 Å². The van der Waals surface area contributed by atoms with Crippen molar-refractivity contribution in [1.29, 1.82) is 0 Å². The molecular weight excluding hydrogens is 234 g/mol. The predicted molar refractivity (Wildman–Crippen MR) is 80.1 cm³/mol. The van der Waals surface area contributed by atoms with Gasteiger partial charge in [0.2, 0.25) is 5.95 Å². The first-order valence-corrected chi connectivity index (χ1v) is 6.50. The van der Waals surface area contributed by atoms with Gasteiger partial charge in [-0.2, -0.15) is 0 Å². The van der Waals surface area contributed by atoms with E-state index in [-0.39, 0.29) is 5.41 Å². The van der Waals surface area contributed by atoms with Crippen LogP contribution in [0.3, 0.4) is 0 Å². The zero-order chi connectivity index (χ0) is 14.2. The maximum Gasteiger partial charge on any atom is 0.220 e. The van der Waals surface area contributed by atoms with Gasteiger partial charge in [0, 0.05) is 11.3 Å². The molecule has 1 heterocycles. The Morgan fingerprint density at radius 1 is 1.00 bits per heavy atom. The Morgan fingerprint density at radius 2 is 1.68 bits per heavy atom. The number of benzene rings is 1. The topological polar surface area (TPSA) is 51.8 Å². The monoisotopic (exact) mass is 255 g/mol. The average molecular weight is 255 g/mol. The second-order valence-corrected chi connectivity index (χ2v) is 6.03. The van der Waals surface area contributed by atoms with E-state index in [2.05, 4.69) is 55.9 Å². The Morgan fingerprint density at radius 3 is 2.26 bits per heavy atom. The summed E-state index contributed by atoms with van der Waals surface area (Å²) in [4.78, 5) is 8.48. The lowest BCUT2D eigenvalue weighted by atomic mass is 9.85. The van der Waals surface area contributed by atoms with Crippen LogP contribution >= 0.6 is 0 Å². The number of hydrogen-bond acceptors (Lipinski definition) is 3. The van der Waals surface area contributed by atoms with Crippen LogP contribution in [0.15, 0.2) is 24.3 Å². The second kappa shape index (κ2) is 4.65. The van der Waals surface area contributed by atoms with Gasteiger partial charge in [-0.25, -0.2) is 9.97 Å². The molecule has 0 bridgehead atoms. The lowest BCUT2D eigenvalue weighted by Crippen LogP contribution is -2.11. The highest BCUT2D eigenvalue weighted by Crippen LogP contribution is 2.29. The maximum absolute atomic E-state index is 5.75. The first-order chi connectivity index (χ1) is 8.77. The van der Waals surface area contributed by atoms with Crippen LogP contribution in [0.1, 0.15) is 37.6 Å².